The number of non-ortho nitro benzene ring substituents is 1. The second-order valence-corrected chi connectivity index (χ2v) is 8.45. The maximum Gasteiger partial charge on any atom is 0.269 e. The van der Waals surface area contributed by atoms with Crippen molar-refractivity contribution in [2.24, 2.45) is 0 Å². The number of anilines is 2. The van der Waals surface area contributed by atoms with Gasteiger partial charge in [-0.2, -0.15) is 0 Å². The third-order valence-electron chi connectivity index (χ3n) is 4.83. The number of nitro groups is 1. The number of carbonyl (C=O) groups is 2. The molecule has 0 unspecified atom stereocenters. The summed E-state index contributed by atoms with van der Waals surface area (Å²) in [6, 6.07) is 19.7. The van der Waals surface area contributed by atoms with Gasteiger partial charge in [-0.3, -0.25) is 19.7 Å². The van der Waals surface area contributed by atoms with Crippen LogP contribution in [0.1, 0.15) is 36.7 Å². The normalized spacial score (nSPS) is 10.9. The Hall–Kier alpha value is -4.20. The van der Waals surface area contributed by atoms with Gasteiger partial charge in [-0.15, -0.1) is 0 Å². The summed E-state index contributed by atoms with van der Waals surface area (Å²) >= 11 is 0. The van der Waals surface area contributed by atoms with Crippen molar-refractivity contribution in [1.29, 1.82) is 0 Å². The number of carbonyl (C=O) groups excluding carboxylic acids is 2. The number of ether oxygens (including phenoxy) is 1. The maximum absolute atomic E-state index is 12.6. The number of benzene rings is 3. The summed E-state index contributed by atoms with van der Waals surface area (Å²) in [5.41, 5.74) is 2.65. The Balaban J connectivity index is 1.56. The van der Waals surface area contributed by atoms with Crippen molar-refractivity contribution in [3.8, 4) is 5.75 Å². The number of rotatable bonds is 7. The minimum atomic E-state index is -0.511. The minimum absolute atomic E-state index is 0.00370. The summed E-state index contributed by atoms with van der Waals surface area (Å²) in [4.78, 5) is 34.9. The summed E-state index contributed by atoms with van der Waals surface area (Å²) in [5, 5.41) is 16.2. The Labute approximate surface area is 191 Å². The van der Waals surface area contributed by atoms with Gasteiger partial charge in [-0.05, 0) is 53.4 Å². The van der Waals surface area contributed by atoms with Gasteiger partial charge >= 0.3 is 0 Å². The van der Waals surface area contributed by atoms with Gasteiger partial charge in [0.25, 0.3) is 17.5 Å². The zero-order valence-corrected chi connectivity index (χ0v) is 18.6. The Morgan fingerprint density at radius 3 is 2.09 bits per heavy atom. The predicted octanol–water partition coefficient (Wildman–Crippen LogP) is 5.16. The van der Waals surface area contributed by atoms with E-state index < -0.39 is 10.8 Å². The molecule has 0 aliphatic carbocycles. The fraction of sp³-hybridized carbons (Fsp3) is 0.200. The van der Waals surface area contributed by atoms with Crippen LogP contribution in [0.5, 0.6) is 5.75 Å². The zero-order valence-electron chi connectivity index (χ0n) is 18.6. The van der Waals surface area contributed by atoms with Gasteiger partial charge in [0.2, 0.25) is 0 Å². The molecule has 0 aliphatic heterocycles. The van der Waals surface area contributed by atoms with E-state index in [1.54, 1.807) is 36.4 Å². The fourth-order valence-electron chi connectivity index (χ4n) is 3.01. The number of amides is 2. The second kappa shape index (κ2) is 9.95. The third-order valence-corrected chi connectivity index (χ3v) is 4.83. The minimum Gasteiger partial charge on any atom is -0.484 e. The van der Waals surface area contributed by atoms with E-state index in [0.717, 1.165) is 5.56 Å². The largest absolute Gasteiger partial charge is 0.484 e. The van der Waals surface area contributed by atoms with Crippen LogP contribution in [0.25, 0.3) is 0 Å². The predicted molar refractivity (Wildman–Crippen MR) is 127 cm³/mol. The van der Waals surface area contributed by atoms with E-state index >= 15 is 0 Å². The van der Waals surface area contributed by atoms with Crippen molar-refractivity contribution in [2.75, 3.05) is 17.2 Å². The highest BCUT2D eigenvalue weighted by molar-refractivity contribution is 6.04. The zero-order chi connectivity index (χ0) is 24.0. The van der Waals surface area contributed by atoms with E-state index in [2.05, 4.69) is 31.4 Å². The molecule has 0 atom stereocenters. The molecular weight excluding hydrogens is 422 g/mol. The van der Waals surface area contributed by atoms with Crippen LogP contribution in [0, 0.1) is 10.1 Å². The van der Waals surface area contributed by atoms with Gasteiger partial charge in [0.15, 0.2) is 6.61 Å². The van der Waals surface area contributed by atoms with E-state index in [9.17, 15) is 19.7 Å². The highest BCUT2D eigenvalue weighted by atomic mass is 16.6. The highest BCUT2D eigenvalue weighted by Gasteiger charge is 2.14. The van der Waals surface area contributed by atoms with Crippen molar-refractivity contribution in [2.45, 2.75) is 26.2 Å². The molecule has 8 nitrogen and oxygen atoms in total. The molecule has 3 rings (SSSR count). The lowest BCUT2D eigenvalue weighted by Gasteiger charge is -2.19. The molecule has 0 saturated carbocycles. The Bertz CT molecular complexity index is 1150. The SMILES string of the molecule is CC(C)(C)c1ccc(C(=O)Nc2cccc(NC(=O)COc3ccc([N+](=O)[O-])cc3)c2)cc1. The van der Waals surface area contributed by atoms with Gasteiger partial charge in [0.1, 0.15) is 5.75 Å². The summed E-state index contributed by atoms with van der Waals surface area (Å²) in [7, 11) is 0. The van der Waals surface area contributed by atoms with Crippen LogP contribution in [-0.4, -0.2) is 23.3 Å². The molecule has 170 valence electrons. The molecule has 0 heterocycles. The van der Waals surface area contributed by atoms with E-state index in [4.69, 9.17) is 4.74 Å². The first kappa shape index (κ1) is 23.5. The first-order valence-corrected chi connectivity index (χ1v) is 10.3. The summed E-state index contributed by atoms with van der Waals surface area (Å²) in [6.45, 7) is 6.06. The molecule has 2 amide bonds. The standard InChI is InChI=1S/C25H25N3O5/c1-25(2,3)18-9-7-17(8-10-18)24(30)27-20-6-4-5-19(15-20)26-23(29)16-33-22-13-11-21(12-14-22)28(31)32/h4-15H,16H2,1-3H3,(H,26,29)(H,27,30). The first-order valence-electron chi connectivity index (χ1n) is 10.3. The highest BCUT2D eigenvalue weighted by Crippen LogP contribution is 2.23. The molecule has 2 N–H and O–H groups in total. The molecule has 0 bridgehead atoms. The van der Waals surface area contributed by atoms with E-state index in [1.165, 1.54) is 24.3 Å². The number of hydrogen-bond acceptors (Lipinski definition) is 5. The second-order valence-electron chi connectivity index (χ2n) is 8.45. The Morgan fingerprint density at radius 2 is 1.52 bits per heavy atom. The number of nitrogens with zero attached hydrogens (tertiary/aromatic N) is 1. The van der Waals surface area contributed by atoms with Crippen LogP contribution in [0.4, 0.5) is 17.1 Å². The van der Waals surface area contributed by atoms with Gasteiger partial charge < -0.3 is 15.4 Å². The summed E-state index contributed by atoms with van der Waals surface area (Å²) < 4.78 is 5.36. The average molecular weight is 447 g/mol. The molecule has 3 aromatic carbocycles. The van der Waals surface area contributed by atoms with Crippen molar-refractivity contribution >= 4 is 28.9 Å². The molecule has 0 aromatic heterocycles. The average Bonchev–Trinajstić information content (AvgIpc) is 2.77. The van der Waals surface area contributed by atoms with Crippen molar-refractivity contribution in [3.63, 3.8) is 0 Å². The molecule has 8 heteroatoms. The molecule has 0 saturated heterocycles. The molecule has 0 fully saturated rings. The van der Waals surface area contributed by atoms with Crippen molar-refractivity contribution in [3.05, 3.63) is 94.0 Å². The Morgan fingerprint density at radius 1 is 0.909 bits per heavy atom. The van der Waals surface area contributed by atoms with Crippen molar-refractivity contribution in [1.82, 2.24) is 0 Å². The fourth-order valence-corrected chi connectivity index (χ4v) is 3.01. The van der Waals surface area contributed by atoms with E-state index in [1.807, 2.05) is 12.1 Å². The lowest BCUT2D eigenvalue weighted by Crippen LogP contribution is -2.20. The number of nitrogens with one attached hydrogen (secondary N) is 2. The molecule has 3 aromatic rings. The summed E-state index contributed by atoms with van der Waals surface area (Å²) in [6.07, 6.45) is 0. The smallest absolute Gasteiger partial charge is 0.269 e. The van der Waals surface area contributed by atoms with Crippen LogP contribution < -0.4 is 15.4 Å². The third kappa shape index (κ3) is 6.64. The number of nitro benzene ring substituents is 1. The van der Waals surface area contributed by atoms with E-state index in [-0.39, 0.29) is 23.6 Å². The molecule has 0 aliphatic rings. The van der Waals surface area contributed by atoms with Gasteiger partial charge in [-0.25, -0.2) is 0 Å². The summed E-state index contributed by atoms with van der Waals surface area (Å²) in [5.74, 6) is -0.315. The maximum atomic E-state index is 12.6. The van der Waals surface area contributed by atoms with Gasteiger partial charge in [-0.1, -0.05) is 39.0 Å². The van der Waals surface area contributed by atoms with Crippen molar-refractivity contribution < 1.29 is 19.2 Å². The van der Waals surface area contributed by atoms with Crippen LogP contribution >= 0.6 is 0 Å². The quantitative estimate of drug-likeness (QED) is 0.384. The lowest BCUT2D eigenvalue weighted by molar-refractivity contribution is -0.384. The van der Waals surface area contributed by atoms with Gasteiger partial charge in [0.05, 0.1) is 4.92 Å². The van der Waals surface area contributed by atoms with Crippen LogP contribution in [-0.2, 0) is 10.2 Å². The monoisotopic (exact) mass is 447 g/mol. The first-order chi connectivity index (χ1) is 15.6. The number of hydrogen-bond donors (Lipinski definition) is 2. The molecular formula is C25H25N3O5. The topological polar surface area (TPSA) is 111 Å². The molecule has 0 radical (unpaired) electrons. The van der Waals surface area contributed by atoms with Crippen LogP contribution in [0.2, 0.25) is 0 Å². The lowest BCUT2D eigenvalue weighted by atomic mass is 9.87. The molecule has 33 heavy (non-hydrogen) atoms. The Kier molecular flexibility index (Phi) is 7.07. The van der Waals surface area contributed by atoms with Gasteiger partial charge in [0, 0.05) is 29.1 Å². The van der Waals surface area contributed by atoms with Crippen LogP contribution in [0.3, 0.4) is 0 Å². The molecule has 0 spiro atoms. The van der Waals surface area contributed by atoms with E-state index in [0.29, 0.717) is 22.7 Å². The van der Waals surface area contributed by atoms with Crippen LogP contribution in [0.15, 0.2) is 72.8 Å².